The maximum atomic E-state index is 5.58. The normalized spacial score (nSPS) is 23.0. The Morgan fingerprint density at radius 1 is 1.36 bits per heavy atom. The molecule has 0 radical (unpaired) electrons. The van der Waals surface area contributed by atoms with E-state index in [9.17, 15) is 0 Å². The van der Waals surface area contributed by atoms with Gasteiger partial charge in [0.05, 0.1) is 30.5 Å². The molecule has 0 aromatic carbocycles. The molecule has 0 unspecified atom stereocenters. The topological polar surface area (TPSA) is 51.4 Å². The van der Waals surface area contributed by atoms with Crippen LogP contribution in [0.2, 0.25) is 0 Å². The summed E-state index contributed by atoms with van der Waals surface area (Å²) in [6.45, 7) is 3.98. The molecule has 4 nitrogen and oxygen atoms in total. The Morgan fingerprint density at radius 2 is 2.14 bits per heavy atom. The predicted molar refractivity (Wildman–Crippen MR) is 54.1 cm³/mol. The summed E-state index contributed by atoms with van der Waals surface area (Å²) >= 11 is 0. The molecule has 0 amide bonds. The van der Waals surface area contributed by atoms with Gasteiger partial charge in [-0.05, 0) is 12.1 Å². The quantitative estimate of drug-likeness (QED) is 0.702. The summed E-state index contributed by atoms with van der Waals surface area (Å²) in [4.78, 5) is 6.55. The lowest BCUT2D eigenvalue weighted by molar-refractivity contribution is -0.127. The average molecular weight is 191 g/mol. The number of anilines is 2. The largest absolute Gasteiger partial charge is 0.397 e. The zero-order valence-corrected chi connectivity index (χ0v) is 7.94. The molecule has 14 heavy (non-hydrogen) atoms. The van der Waals surface area contributed by atoms with Crippen molar-refractivity contribution in [2.45, 2.75) is 0 Å². The fourth-order valence-electron chi connectivity index (χ4n) is 2.08. The van der Waals surface area contributed by atoms with Gasteiger partial charge in [0, 0.05) is 13.1 Å². The molecule has 1 spiro atoms. The molecule has 0 aliphatic carbocycles. The third-order valence-corrected chi connectivity index (χ3v) is 2.96. The van der Waals surface area contributed by atoms with Crippen LogP contribution in [0.1, 0.15) is 0 Å². The highest BCUT2D eigenvalue weighted by molar-refractivity contribution is 5.48. The van der Waals surface area contributed by atoms with Gasteiger partial charge in [0.25, 0.3) is 0 Å². The van der Waals surface area contributed by atoms with Crippen molar-refractivity contribution in [3.8, 4) is 0 Å². The van der Waals surface area contributed by atoms with E-state index in [0.29, 0.717) is 5.41 Å². The number of nitrogens with two attached hydrogens (primary N) is 1. The highest BCUT2D eigenvalue weighted by Crippen LogP contribution is 2.39. The summed E-state index contributed by atoms with van der Waals surface area (Å²) in [7, 11) is 0. The number of hydrogen-bond acceptors (Lipinski definition) is 4. The molecule has 1 aromatic rings. The van der Waals surface area contributed by atoms with Crippen molar-refractivity contribution < 1.29 is 4.74 Å². The molecule has 1 aromatic heterocycles. The van der Waals surface area contributed by atoms with Crippen molar-refractivity contribution in [1.82, 2.24) is 4.98 Å². The highest BCUT2D eigenvalue weighted by Gasteiger charge is 2.49. The van der Waals surface area contributed by atoms with Gasteiger partial charge in [0.1, 0.15) is 5.82 Å². The maximum absolute atomic E-state index is 5.58. The van der Waals surface area contributed by atoms with Crippen LogP contribution in [0.5, 0.6) is 0 Å². The fraction of sp³-hybridized carbons (Fsp3) is 0.500. The minimum absolute atomic E-state index is 0.447. The van der Waals surface area contributed by atoms with Crippen molar-refractivity contribution in [2.75, 3.05) is 36.9 Å². The van der Waals surface area contributed by atoms with Crippen molar-refractivity contribution >= 4 is 11.5 Å². The van der Waals surface area contributed by atoms with E-state index in [4.69, 9.17) is 10.5 Å². The Hall–Kier alpha value is -1.29. The van der Waals surface area contributed by atoms with Gasteiger partial charge in [-0.1, -0.05) is 0 Å². The molecule has 2 aliphatic heterocycles. The molecule has 0 atom stereocenters. The lowest BCUT2D eigenvalue weighted by Gasteiger charge is -2.55. The van der Waals surface area contributed by atoms with Crippen molar-refractivity contribution in [1.29, 1.82) is 0 Å². The van der Waals surface area contributed by atoms with Crippen molar-refractivity contribution in [2.24, 2.45) is 5.41 Å². The Bertz CT molecular complexity index is 337. The van der Waals surface area contributed by atoms with Crippen LogP contribution in [0.15, 0.2) is 18.3 Å². The van der Waals surface area contributed by atoms with Crippen molar-refractivity contribution in [3.63, 3.8) is 0 Å². The summed E-state index contributed by atoms with van der Waals surface area (Å²) in [5.74, 6) is 1.02. The first-order chi connectivity index (χ1) is 6.77. The van der Waals surface area contributed by atoms with Crippen LogP contribution in [0.4, 0.5) is 11.5 Å². The SMILES string of the molecule is Nc1ccc(N2CC3(COC3)C2)nc1. The lowest BCUT2D eigenvalue weighted by Crippen LogP contribution is -2.66. The predicted octanol–water partition coefficient (Wildman–Crippen LogP) is 0.500. The van der Waals surface area contributed by atoms with Crippen molar-refractivity contribution in [3.05, 3.63) is 18.3 Å². The maximum Gasteiger partial charge on any atom is 0.128 e. The van der Waals surface area contributed by atoms with E-state index in [1.807, 2.05) is 12.1 Å². The first-order valence-electron chi connectivity index (χ1n) is 4.82. The van der Waals surface area contributed by atoms with Gasteiger partial charge in [-0.25, -0.2) is 4.98 Å². The van der Waals surface area contributed by atoms with Crippen LogP contribution in [0.3, 0.4) is 0 Å². The first-order valence-corrected chi connectivity index (χ1v) is 4.82. The van der Waals surface area contributed by atoms with Gasteiger partial charge in [0.2, 0.25) is 0 Å². The zero-order valence-electron chi connectivity index (χ0n) is 7.94. The second-order valence-electron chi connectivity index (χ2n) is 4.30. The zero-order chi connectivity index (χ0) is 9.60. The van der Waals surface area contributed by atoms with Crippen LogP contribution in [0.25, 0.3) is 0 Å². The van der Waals surface area contributed by atoms with E-state index in [1.165, 1.54) is 0 Å². The third kappa shape index (κ3) is 1.07. The van der Waals surface area contributed by atoms with Crippen LogP contribution >= 0.6 is 0 Å². The Kier molecular flexibility index (Phi) is 1.50. The number of aromatic nitrogens is 1. The van der Waals surface area contributed by atoms with Gasteiger partial charge >= 0.3 is 0 Å². The molecular formula is C10H13N3O. The number of nitrogen functional groups attached to an aromatic ring is 1. The Balaban J connectivity index is 1.70. The summed E-state index contributed by atoms with van der Waals surface area (Å²) in [6.07, 6.45) is 1.71. The fourth-order valence-corrected chi connectivity index (χ4v) is 2.08. The summed E-state index contributed by atoms with van der Waals surface area (Å²) in [6, 6.07) is 3.87. The van der Waals surface area contributed by atoms with E-state index in [2.05, 4.69) is 9.88 Å². The third-order valence-electron chi connectivity index (χ3n) is 2.96. The number of rotatable bonds is 1. The second kappa shape index (κ2) is 2.60. The van der Waals surface area contributed by atoms with Crippen LogP contribution in [-0.2, 0) is 4.74 Å². The molecule has 2 saturated heterocycles. The van der Waals surface area contributed by atoms with Crippen LogP contribution in [0, 0.1) is 5.41 Å². The van der Waals surface area contributed by atoms with Gasteiger partial charge in [-0.3, -0.25) is 0 Å². The van der Waals surface area contributed by atoms with E-state index >= 15 is 0 Å². The average Bonchev–Trinajstić information content (AvgIpc) is 2.03. The molecule has 2 fully saturated rings. The summed E-state index contributed by atoms with van der Waals surface area (Å²) < 4.78 is 5.22. The molecule has 4 heteroatoms. The monoisotopic (exact) mass is 191 g/mol. The van der Waals surface area contributed by atoms with E-state index < -0.39 is 0 Å². The van der Waals surface area contributed by atoms with Gasteiger partial charge in [0.15, 0.2) is 0 Å². The minimum atomic E-state index is 0.447. The molecule has 2 N–H and O–H groups in total. The number of hydrogen-bond donors (Lipinski definition) is 1. The Labute approximate surface area is 82.7 Å². The molecular weight excluding hydrogens is 178 g/mol. The van der Waals surface area contributed by atoms with Gasteiger partial charge < -0.3 is 15.4 Å². The molecule has 0 saturated carbocycles. The number of nitrogens with zero attached hydrogens (tertiary/aromatic N) is 2. The number of pyridine rings is 1. The molecule has 2 aliphatic rings. The summed E-state index contributed by atoms with van der Waals surface area (Å²) in [5, 5.41) is 0. The molecule has 0 bridgehead atoms. The minimum Gasteiger partial charge on any atom is -0.397 e. The number of ether oxygens (including phenoxy) is 1. The van der Waals surface area contributed by atoms with Crippen LogP contribution in [-0.4, -0.2) is 31.3 Å². The second-order valence-corrected chi connectivity index (χ2v) is 4.30. The van der Waals surface area contributed by atoms with E-state index in [1.54, 1.807) is 6.20 Å². The molecule has 3 rings (SSSR count). The highest BCUT2D eigenvalue weighted by atomic mass is 16.5. The van der Waals surface area contributed by atoms with Gasteiger partial charge in [-0.2, -0.15) is 0 Å². The first kappa shape index (κ1) is 8.05. The van der Waals surface area contributed by atoms with Gasteiger partial charge in [-0.15, -0.1) is 0 Å². The molecule has 74 valence electrons. The standard InChI is InChI=1S/C10H13N3O/c11-8-1-2-9(12-3-8)13-4-10(5-13)6-14-7-10/h1-3H,4-7,11H2. The van der Waals surface area contributed by atoms with E-state index in [-0.39, 0.29) is 0 Å². The molecule has 3 heterocycles. The summed E-state index contributed by atoms with van der Waals surface area (Å²) in [5.41, 5.74) is 6.74. The van der Waals surface area contributed by atoms with Crippen LogP contribution < -0.4 is 10.6 Å². The smallest absolute Gasteiger partial charge is 0.128 e. The lowest BCUT2D eigenvalue weighted by atomic mass is 9.78. The van der Waals surface area contributed by atoms with E-state index in [0.717, 1.165) is 37.8 Å². The Morgan fingerprint density at radius 3 is 2.64 bits per heavy atom.